The van der Waals surface area contributed by atoms with Crippen LogP contribution < -0.4 is 4.90 Å². The molecule has 2 heterocycles. The molecule has 2 rings (SSSR count). The molecule has 0 saturated carbocycles. The maximum atomic E-state index is 6.07. The van der Waals surface area contributed by atoms with Gasteiger partial charge in [0.1, 0.15) is 5.82 Å². The summed E-state index contributed by atoms with van der Waals surface area (Å²) >= 11 is 7.85. The van der Waals surface area contributed by atoms with E-state index in [-0.39, 0.29) is 5.41 Å². The second-order valence-corrected chi connectivity index (χ2v) is 7.50. The molecule has 4 heteroatoms. The Bertz CT molecular complexity index is 573. The van der Waals surface area contributed by atoms with Crippen molar-refractivity contribution in [1.29, 1.82) is 0 Å². The van der Waals surface area contributed by atoms with Gasteiger partial charge in [0.2, 0.25) is 0 Å². The molecule has 0 fully saturated rings. The van der Waals surface area contributed by atoms with Crippen molar-refractivity contribution in [3.05, 3.63) is 45.8 Å². The van der Waals surface area contributed by atoms with Gasteiger partial charge in [-0.05, 0) is 36.1 Å². The fourth-order valence-corrected chi connectivity index (χ4v) is 3.01. The summed E-state index contributed by atoms with van der Waals surface area (Å²) in [6.07, 6.45) is 0. The van der Waals surface area contributed by atoms with Gasteiger partial charge in [-0.2, -0.15) is 0 Å². The van der Waals surface area contributed by atoms with E-state index in [1.54, 1.807) is 11.3 Å². The van der Waals surface area contributed by atoms with Crippen molar-refractivity contribution in [3.8, 4) is 0 Å². The topological polar surface area (TPSA) is 16.1 Å². The number of hydrogen-bond donors (Lipinski definition) is 0. The summed E-state index contributed by atoms with van der Waals surface area (Å²) in [5.41, 5.74) is 2.26. The average molecular weight is 323 g/mol. The SMILES string of the molecule is CCN(Cc1cccs1)c1cc(CCl)cc(C(C)(C)C)n1. The number of rotatable bonds is 5. The molecule has 0 atom stereocenters. The van der Waals surface area contributed by atoms with Gasteiger partial charge in [-0.15, -0.1) is 22.9 Å². The molecule has 0 saturated heterocycles. The van der Waals surface area contributed by atoms with Crippen LogP contribution in [-0.2, 0) is 17.8 Å². The van der Waals surface area contributed by atoms with E-state index in [0.717, 1.165) is 30.2 Å². The van der Waals surface area contributed by atoms with Crippen molar-refractivity contribution in [2.45, 2.75) is 45.5 Å². The molecule has 0 unspecified atom stereocenters. The van der Waals surface area contributed by atoms with Gasteiger partial charge in [0.15, 0.2) is 0 Å². The molecule has 0 spiro atoms. The molecule has 2 aromatic rings. The highest BCUT2D eigenvalue weighted by Gasteiger charge is 2.19. The smallest absolute Gasteiger partial charge is 0.129 e. The van der Waals surface area contributed by atoms with Gasteiger partial charge in [0, 0.05) is 28.4 Å². The Hall–Kier alpha value is -1.06. The Balaban J connectivity index is 2.35. The van der Waals surface area contributed by atoms with Crippen molar-refractivity contribution in [2.24, 2.45) is 0 Å². The van der Waals surface area contributed by atoms with E-state index in [1.807, 2.05) is 0 Å². The highest BCUT2D eigenvalue weighted by molar-refractivity contribution is 7.09. The van der Waals surface area contributed by atoms with Crippen LogP contribution in [0.15, 0.2) is 29.6 Å². The van der Waals surface area contributed by atoms with E-state index >= 15 is 0 Å². The molecule has 114 valence electrons. The van der Waals surface area contributed by atoms with Gasteiger partial charge in [0.25, 0.3) is 0 Å². The first-order chi connectivity index (χ1) is 9.94. The first-order valence-corrected chi connectivity index (χ1v) is 8.70. The highest BCUT2D eigenvalue weighted by atomic mass is 35.5. The van der Waals surface area contributed by atoms with E-state index < -0.39 is 0 Å². The normalized spacial score (nSPS) is 11.7. The number of hydrogen-bond acceptors (Lipinski definition) is 3. The minimum atomic E-state index is 0.0269. The van der Waals surface area contributed by atoms with E-state index in [4.69, 9.17) is 16.6 Å². The van der Waals surface area contributed by atoms with Crippen LogP contribution in [0.4, 0.5) is 5.82 Å². The lowest BCUT2D eigenvalue weighted by molar-refractivity contribution is 0.567. The summed E-state index contributed by atoms with van der Waals surface area (Å²) in [5, 5.41) is 2.12. The Morgan fingerprint density at radius 2 is 2.05 bits per heavy atom. The number of aromatic nitrogens is 1. The lowest BCUT2D eigenvalue weighted by Gasteiger charge is -2.25. The van der Waals surface area contributed by atoms with Crippen molar-refractivity contribution in [3.63, 3.8) is 0 Å². The van der Waals surface area contributed by atoms with Gasteiger partial charge >= 0.3 is 0 Å². The Kier molecular flexibility index (Phi) is 5.28. The molecule has 0 aromatic carbocycles. The molecule has 2 aromatic heterocycles. The average Bonchev–Trinajstić information content (AvgIpc) is 2.96. The van der Waals surface area contributed by atoms with Gasteiger partial charge in [-0.25, -0.2) is 4.98 Å². The third-order valence-corrected chi connectivity index (χ3v) is 4.60. The van der Waals surface area contributed by atoms with Crippen molar-refractivity contribution < 1.29 is 0 Å². The minimum absolute atomic E-state index is 0.0269. The monoisotopic (exact) mass is 322 g/mol. The Morgan fingerprint density at radius 3 is 2.57 bits per heavy atom. The van der Waals surface area contributed by atoms with E-state index in [1.165, 1.54) is 4.88 Å². The predicted octanol–water partition coefficient (Wildman–Crippen LogP) is 5.21. The van der Waals surface area contributed by atoms with E-state index in [9.17, 15) is 0 Å². The maximum absolute atomic E-state index is 6.07. The lowest BCUT2D eigenvalue weighted by Crippen LogP contribution is -2.24. The van der Waals surface area contributed by atoms with Crippen LogP contribution in [0.5, 0.6) is 0 Å². The van der Waals surface area contributed by atoms with Gasteiger partial charge in [0.05, 0.1) is 6.54 Å². The number of alkyl halides is 1. The number of halogens is 1. The molecular weight excluding hydrogens is 300 g/mol. The van der Waals surface area contributed by atoms with Crippen LogP contribution in [0.25, 0.3) is 0 Å². The molecule has 0 aliphatic carbocycles. The molecular formula is C17H23ClN2S. The zero-order chi connectivity index (χ0) is 15.5. The second-order valence-electron chi connectivity index (χ2n) is 6.20. The molecule has 0 amide bonds. The van der Waals surface area contributed by atoms with Gasteiger partial charge < -0.3 is 4.90 Å². The Morgan fingerprint density at radius 1 is 1.29 bits per heavy atom. The third kappa shape index (κ3) is 4.21. The first-order valence-electron chi connectivity index (χ1n) is 7.28. The number of nitrogens with zero attached hydrogens (tertiary/aromatic N) is 2. The van der Waals surface area contributed by atoms with E-state index in [2.05, 4.69) is 62.2 Å². The standard InChI is InChI=1S/C17H23ClN2S/c1-5-20(12-14-7-6-8-21-14)16-10-13(11-18)9-15(19-16)17(2,3)4/h6-10H,5,11-12H2,1-4H3. The summed E-state index contributed by atoms with van der Waals surface area (Å²) in [7, 11) is 0. The maximum Gasteiger partial charge on any atom is 0.129 e. The van der Waals surface area contributed by atoms with Crippen LogP contribution in [0.1, 0.15) is 43.8 Å². The zero-order valence-electron chi connectivity index (χ0n) is 13.2. The summed E-state index contributed by atoms with van der Waals surface area (Å²) in [5.74, 6) is 1.55. The van der Waals surface area contributed by atoms with Crippen LogP contribution in [0.3, 0.4) is 0 Å². The molecule has 2 nitrogen and oxygen atoms in total. The van der Waals surface area contributed by atoms with Crippen LogP contribution in [0, 0.1) is 0 Å². The van der Waals surface area contributed by atoms with Crippen LogP contribution in [0.2, 0.25) is 0 Å². The summed E-state index contributed by atoms with van der Waals surface area (Å²) in [6, 6.07) is 8.50. The summed E-state index contributed by atoms with van der Waals surface area (Å²) in [4.78, 5) is 8.53. The minimum Gasteiger partial charge on any atom is -0.352 e. The van der Waals surface area contributed by atoms with Gasteiger partial charge in [-0.1, -0.05) is 26.8 Å². The number of pyridine rings is 1. The van der Waals surface area contributed by atoms with E-state index in [0.29, 0.717) is 5.88 Å². The zero-order valence-corrected chi connectivity index (χ0v) is 14.8. The van der Waals surface area contributed by atoms with Crippen molar-refractivity contribution >= 4 is 28.8 Å². The van der Waals surface area contributed by atoms with Crippen LogP contribution in [-0.4, -0.2) is 11.5 Å². The number of anilines is 1. The molecule has 0 bridgehead atoms. The lowest BCUT2D eigenvalue weighted by atomic mass is 9.91. The third-order valence-electron chi connectivity index (χ3n) is 3.43. The molecule has 0 N–H and O–H groups in total. The summed E-state index contributed by atoms with van der Waals surface area (Å²) < 4.78 is 0. The number of thiophene rings is 1. The molecule has 21 heavy (non-hydrogen) atoms. The molecule has 0 aliphatic rings. The van der Waals surface area contributed by atoms with Crippen molar-refractivity contribution in [1.82, 2.24) is 4.98 Å². The van der Waals surface area contributed by atoms with Crippen molar-refractivity contribution in [2.75, 3.05) is 11.4 Å². The fourth-order valence-electron chi connectivity index (χ4n) is 2.14. The molecule has 0 aliphatic heterocycles. The highest BCUT2D eigenvalue weighted by Crippen LogP contribution is 2.26. The first kappa shape index (κ1) is 16.3. The predicted molar refractivity (Wildman–Crippen MR) is 93.5 cm³/mol. The molecule has 0 radical (unpaired) electrons. The van der Waals surface area contributed by atoms with Gasteiger partial charge in [-0.3, -0.25) is 0 Å². The summed E-state index contributed by atoms with van der Waals surface area (Å²) in [6.45, 7) is 10.6. The Labute approximate surface area is 136 Å². The fraction of sp³-hybridized carbons (Fsp3) is 0.471. The largest absolute Gasteiger partial charge is 0.352 e. The quantitative estimate of drug-likeness (QED) is 0.703. The second kappa shape index (κ2) is 6.80. The van der Waals surface area contributed by atoms with Crippen LogP contribution >= 0.6 is 22.9 Å².